The number of carbonyl (C=O) groups excluding carboxylic acids is 2. The molecule has 0 aliphatic rings. The first-order valence-electron chi connectivity index (χ1n) is 21.8. The van der Waals surface area contributed by atoms with Gasteiger partial charge >= 0.3 is 19.8 Å². The summed E-state index contributed by atoms with van der Waals surface area (Å²) in [4.78, 5) is 35.0. The maximum absolute atomic E-state index is 12.6. The minimum absolute atomic E-state index is 0.187. The minimum atomic E-state index is -4.61. The van der Waals surface area contributed by atoms with Crippen LogP contribution in [0.15, 0.2) is 24.3 Å². The fourth-order valence-corrected chi connectivity index (χ4v) is 6.75. The number of hydrogen-bond donors (Lipinski definition) is 3. The summed E-state index contributed by atoms with van der Waals surface area (Å²) < 4.78 is 32.7. The molecule has 0 fully saturated rings. The van der Waals surface area contributed by atoms with E-state index in [-0.39, 0.29) is 19.4 Å². The molecule has 0 aromatic rings. The molecule has 0 aliphatic carbocycles. The fraction of sp³-hybridized carbons (Fsp3) is 0.860. The number of aliphatic hydroxyl groups excluding tert-OH is 2. The van der Waals surface area contributed by atoms with Crippen molar-refractivity contribution in [2.75, 3.05) is 26.4 Å². The van der Waals surface area contributed by atoms with Crippen molar-refractivity contribution in [2.45, 2.75) is 212 Å². The molecule has 3 atom stereocenters. The molecule has 0 aromatic heterocycles. The monoisotopic (exact) mass is 789 g/mol. The molecule has 1 unspecified atom stereocenters. The van der Waals surface area contributed by atoms with Gasteiger partial charge in [0, 0.05) is 12.8 Å². The van der Waals surface area contributed by atoms with Crippen molar-refractivity contribution in [2.24, 2.45) is 0 Å². The Morgan fingerprint density at radius 3 is 1.46 bits per heavy atom. The highest BCUT2D eigenvalue weighted by Gasteiger charge is 2.27. The van der Waals surface area contributed by atoms with E-state index in [1.807, 2.05) is 0 Å². The van der Waals surface area contributed by atoms with Gasteiger partial charge in [-0.25, -0.2) is 4.57 Å². The number of aliphatic hydroxyl groups is 2. The molecule has 0 heterocycles. The summed E-state index contributed by atoms with van der Waals surface area (Å²) in [7, 11) is -4.61. The second-order valence-electron chi connectivity index (χ2n) is 14.7. The number of ether oxygens (including phenoxy) is 2. The van der Waals surface area contributed by atoms with Crippen molar-refractivity contribution >= 4 is 19.8 Å². The van der Waals surface area contributed by atoms with E-state index in [4.69, 9.17) is 19.1 Å². The van der Waals surface area contributed by atoms with E-state index in [1.54, 1.807) is 0 Å². The van der Waals surface area contributed by atoms with E-state index < -0.39 is 51.8 Å². The highest BCUT2D eigenvalue weighted by Crippen LogP contribution is 2.43. The molecule has 54 heavy (non-hydrogen) atoms. The van der Waals surface area contributed by atoms with E-state index in [9.17, 15) is 24.2 Å². The average Bonchev–Trinajstić information content (AvgIpc) is 3.16. The molecule has 0 saturated carbocycles. The largest absolute Gasteiger partial charge is 0.472 e. The molecule has 0 bridgehead atoms. The van der Waals surface area contributed by atoms with Gasteiger partial charge in [-0.2, -0.15) is 0 Å². The van der Waals surface area contributed by atoms with Crippen molar-refractivity contribution in [3.05, 3.63) is 24.3 Å². The molecule has 0 radical (unpaired) electrons. The second-order valence-corrected chi connectivity index (χ2v) is 16.2. The summed E-state index contributed by atoms with van der Waals surface area (Å²) in [5.41, 5.74) is 0. The highest BCUT2D eigenvalue weighted by atomic mass is 31.2. The molecule has 318 valence electrons. The van der Waals surface area contributed by atoms with Crippen LogP contribution in [0.2, 0.25) is 0 Å². The predicted octanol–water partition coefficient (Wildman–Crippen LogP) is 11.4. The van der Waals surface area contributed by atoms with Gasteiger partial charge in [0.25, 0.3) is 0 Å². The fourth-order valence-electron chi connectivity index (χ4n) is 5.96. The van der Waals surface area contributed by atoms with Crippen LogP contribution >= 0.6 is 7.82 Å². The third kappa shape index (κ3) is 38.7. The first-order valence-corrected chi connectivity index (χ1v) is 23.3. The van der Waals surface area contributed by atoms with Crippen molar-refractivity contribution < 1.29 is 47.8 Å². The van der Waals surface area contributed by atoms with Crippen LogP contribution in [0.5, 0.6) is 0 Å². The van der Waals surface area contributed by atoms with E-state index in [2.05, 4.69) is 42.7 Å². The van der Waals surface area contributed by atoms with E-state index in [1.165, 1.54) is 109 Å². The van der Waals surface area contributed by atoms with Crippen LogP contribution in [-0.2, 0) is 32.7 Å². The maximum atomic E-state index is 12.6. The van der Waals surface area contributed by atoms with Crippen LogP contribution in [0, 0.1) is 0 Å². The summed E-state index contributed by atoms with van der Waals surface area (Å²) >= 11 is 0. The Labute approximate surface area is 329 Å². The number of phosphoric acid groups is 1. The summed E-state index contributed by atoms with van der Waals surface area (Å²) in [6.45, 7) is 2.36. The summed E-state index contributed by atoms with van der Waals surface area (Å²) in [6, 6.07) is 0. The van der Waals surface area contributed by atoms with Crippen LogP contribution in [0.3, 0.4) is 0 Å². The lowest BCUT2D eigenvalue weighted by atomic mass is 10.0. The smallest absolute Gasteiger partial charge is 0.462 e. The molecule has 0 saturated heterocycles. The Balaban J connectivity index is 4.28. The Morgan fingerprint density at radius 1 is 0.556 bits per heavy atom. The molecular formula is C43H81O10P. The van der Waals surface area contributed by atoms with Gasteiger partial charge in [-0.1, -0.05) is 167 Å². The zero-order chi connectivity index (χ0) is 39.8. The van der Waals surface area contributed by atoms with E-state index in [0.717, 1.165) is 51.4 Å². The zero-order valence-electron chi connectivity index (χ0n) is 34.4. The minimum Gasteiger partial charge on any atom is -0.462 e. The maximum Gasteiger partial charge on any atom is 0.472 e. The van der Waals surface area contributed by atoms with Crippen molar-refractivity contribution in [1.82, 2.24) is 0 Å². The van der Waals surface area contributed by atoms with E-state index >= 15 is 0 Å². The number of allylic oxidation sites excluding steroid dienone is 4. The standard InChI is InChI=1S/C43H81O10P/c1-3-5-7-9-11-13-15-17-19-20-21-23-24-26-28-30-32-34-42(46)50-38-41(39-52-54(48,49)51-37-40(45)36-44)53-43(47)35-33-31-29-27-25-22-18-16-14-12-10-8-6-4-2/h11,13,17,19,40-41,44-45H,3-10,12,14-16,18,20-39H2,1-2H3,(H,48,49)/b13-11+,19-17+/t40-,41+/m0/s1. The number of unbranched alkanes of at least 4 members (excludes halogenated alkanes) is 23. The van der Waals surface area contributed by atoms with Gasteiger partial charge < -0.3 is 24.6 Å². The molecule has 3 N–H and O–H groups in total. The van der Waals surface area contributed by atoms with Gasteiger partial charge in [0.05, 0.1) is 19.8 Å². The number of esters is 2. The van der Waals surface area contributed by atoms with Gasteiger partial charge in [-0.3, -0.25) is 18.6 Å². The third-order valence-electron chi connectivity index (χ3n) is 9.36. The van der Waals surface area contributed by atoms with Gasteiger partial charge in [0.1, 0.15) is 12.7 Å². The molecule has 0 rings (SSSR count). The first kappa shape index (κ1) is 52.5. The second kappa shape index (κ2) is 39.7. The Bertz CT molecular complexity index is 957. The lowest BCUT2D eigenvalue weighted by Gasteiger charge is -2.20. The molecule has 0 amide bonds. The summed E-state index contributed by atoms with van der Waals surface area (Å²) in [6.07, 6.45) is 38.5. The third-order valence-corrected chi connectivity index (χ3v) is 10.3. The van der Waals surface area contributed by atoms with E-state index in [0.29, 0.717) is 12.8 Å². The van der Waals surface area contributed by atoms with Crippen LogP contribution in [-0.4, -0.2) is 65.7 Å². The number of phosphoric ester groups is 1. The molecule has 0 aliphatic heterocycles. The summed E-state index contributed by atoms with van der Waals surface area (Å²) in [5.74, 6) is -0.926. The number of hydrogen-bond acceptors (Lipinski definition) is 9. The lowest BCUT2D eigenvalue weighted by Crippen LogP contribution is -2.29. The predicted molar refractivity (Wildman–Crippen MR) is 219 cm³/mol. The van der Waals surface area contributed by atoms with Crippen molar-refractivity contribution in [3.63, 3.8) is 0 Å². The highest BCUT2D eigenvalue weighted by molar-refractivity contribution is 7.47. The normalized spacial score (nSPS) is 14.1. The Hall–Kier alpha value is -1.55. The van der Waals surface area contributed by atoms with Crippen LogP contribution in [0.25, 0.3) is 0 Å². The van der Waals surface area contributed by atoms with Gasteiger partial charge in [0.2, 0.25) is 0 Å². The molecule has 0 aromatic carbocycles. The lowest BCUT2D eigenvalue weighted by molar-refractivity contribution is -0.161. The zero-order valence-corrected chi connectivity index (χ0v) is 35.3. The van der Waals surface area contributed by atoms with Crippen LogP contribution < -0.4 is 0 Å². The Kier molecular flexibility index (Phi) is 38.5. The van der Waals surface area contributed by atoms with Gasteiger partial charge in [-0.15, -0.1) is 0 Å². The van der Waals surface area contributed by atoms with Crippen LogP contribution in [0.1, 0.15) is 200 Å². The molecular weight excluding hydrogens is 707 g/mol. The van der Waals surface area contributed by atoms with Crippen molar-refractivity contribution in [3.8, 4) is 0 Å². The topological polar surface area (TPSA) is 149 Å². The van der Waals surface area contributed by atoms with Crippen LogP contribution in [0.4, 0.5) is 0 Å². The molecule has 11 heteroatoms. The van der Waals surface area contributed by atoms with Gasteiger partial charge in [0.15, 0.2) is 6.10 Å². The quantitative estimate of drug-likeness (QED) is 0.0236. The summed E-state index contributed by atoms with van der Waals surface area (Å²) in [5, 5.41) is 18.3. The number of rotatable bonds is 41. The molecule has 10 nitrogen and oxygen atoms in total. The average molecular weight is 789 g/mol. The Morgan fingerprint density at radius 2 is 0.963 bits per heavy atom. The number of carbonyl (C=O) groups is 2. The SMILES string of the molecule is CCCCC/C=C/C/C=C/CCCCCCCCCC(=O)OC[C@H](COP(=O)(O)OC[C@@H](O)CO)OC(=O)CCCCCCCCCCCCCCCC. The molecule has 0 spiro atoms. The van der Waals surface area contributed by atoms with Crippen molar-refractivity contribution in [1.29, 1.82) is 0 Å². The van der Waals surface area contributed by atoms with Gasteiger partial charge in [-0.05, 0) is 44.9 Å². The first-order chi connectivity index (χ1) is 26.2.